The summed E-state index contributed by atoms with van der Waals surface area (Å²) in [6.45, 7) is 15.2. The number of Topliss-reactive ketones (excluding diaryl/α,β-unsaturated/α-hetero) is 1. The van der Waals surface area contributed by atoms with Crippen molar-refractivity contribution in [2.75, 3.05) is 46.6 Å². The van der Waals surface area contributed by atoms with E-state index in [0.717, 1.165) is 12.5 Å². The van der Waals surface area contributed by atoms with Crippen LogP contribution in [0.4, 0.5) is 14.9 Å². The molecule has 1 amide bonds. The number of ether oxygens (including phenoxy) is 5. The van der Waals surface area contributed by atoms with Crippen LogP contribution in [0, 0.1) is 5.92 Å². The average molecular weight is 848 g/mol. The second-order valence-corrected chi connectivity index (χ2v) is 17.2. The third-order valence-electron chi connectivity index (χ3n) is 12.3. The molecule has 0 aliphatic carbocycles. The Hall–Kier alpha value is -3.74. The number of nitrogens with one attached hydrogen (secondary N) is 1. The first-order chi connectivity index (χ1) is 28.3. The number of amides is 1. The number of nitrogen functional groups attached to an aromatic ring is 1. The quantitative estimate of drug-likeness (QED) is 0.0688. The van der Waals surface area contributed by atoms with Crippen molar-refractivity contribution in [3.8, 4) is 11.3 Å². The fraction of sp³-hybridized carbons (Fsp3) is 0.744. The number of nitrogens with zero attached hydrogens (tertiary/aromatic N) is 5. The molecule has 0 saturated carbocycles. The number of benzene rings is 1. The summed E-state index contributed by atoms with van der Waals surface area (Å²) in [6, 6.07) is 6.01. The highest BCUT2D eigenvalue weighted by Crippen LogP contribution is 2.40. The normalized spacial score (nSPS) is 31.2. The van der Waals surface area contributed by atoms with E-state index in [4.69, 9.17) is 29.4 Å². The number of fused-ring (bicyclic) bond motifs is 1. The van der Waals surface area contributed by atoms with Crippen molar-refractivity contribution in [3.05, 3.63) is 30.5 Å². The number of hydrogen-bond donors (Lipinski definition) is 3. The van der Waals surface area contributed by atoms with E-state index in [1.54, 1.807) is 43.3 Å². The van der Waals surface area contributed by atoms with E-state index in [-0.39, 0.29) is 25.0 Å². The molecular weight excluding hydrogens is 778 g/mol. The molecular formula is C43H70FN7O9. The van der Waals surface area contributed by atoms with Gasteiger partial charge in [-0.3, -0.25) is 14.4 Å². The number of hydrogen-bond acceptors (Lipinski definition) is 14. The monoisotopic (exact) mass is 848 g/mol. The molecule has 1 aromatic carbocycles. The third-order valence-corrected chi connectivity index (χ3v) is 12.3. The molecule has 16 nitrogen and oxygen atoms in total. The number of aryl methyl sites for hydroxylation is 1. The Balaban J connectivity index is 1.61. The molecule has 11 atom stereocenters. The highest BCUT2D eigenvalue weighted by Gasteiger charge is 2.59. The van der Waals surface area contributed by atoms with Crippen LogP contribution >= 0.6 is 0 Å². The number of nitrogens with two attached hydrogens (primary N) is 1. The molecule has 4 N–H and O–H groups in total. The summed E-state index contributed by atoms with van der Waals surface area (Å²) in [5.41, 5.74) is 2.40. The number of esters is 1. The Bertz CT molecular complexity index is 1730. The van der Waals surface area contributed by atoms with Crippen LogP contribution in [0.2, 0.25) is 0 Å². The number of halogens is 1. The number of methoxy groups -OCH3 is 1. The van der Waals surface area contributed by atoms with Gasteiger partial charge < -0.3 is 44.7 Å². The van der Waals surface area contributed by atoms with E-state index in [9.17, 15) is 19.5 Å². The second-order valence-electron chi connectivity index (χ2n) is 17.2. The Kier molecular flexibility index (Phi) is 17.0. The van der Waals surface area contributed by atoms with E-state index in [1.165, 1.54) is 7.11 Å². The van der Waals surface area contributed by atoms with Crippen LogP contribution in [-0.4, -0.2) is 148 Å². The lowest BCUT2D eigenvalue weighted by Crippen LogP contribution is -2.61. The van der Waals surface area contributed by atoms with Gasteiger partial charge in [0.2, 0.25) is 0 Å². The maximum Gasteiger partial charge on any atom is 0.410 e. The topological polar surface area (TPSA) is 193 Å². The van der Waals surface area contributed by atoms with Crippen molar-refractivity contribution in [1.29, 1.82) is 0 Å². The number of unbranched alkanes of at least 4 members (excludes halogenated alkanes) is 1. The first-order valence-corrected chi connectivity index (χ1v) is 21.3. The number of aliphatic hydroxyl groups is 1. The smallest absolute Gasteiger partial charge is 0.410 e. The highest BCUT2D eigenvalue weighted by molar-refractivity contribution is 6.07. The van der Waals surface area contributed by atoms with Gasteiger partial charge in [0.05, 0.1) is 23.9 Å². The number of likely N-dealkylation sites (N-methyl/N-ethyl adjacent to an activating group) is 1. The minimum atomic E-state index is -3.11. The molecule has 0 spiro atoms. The molecule has 60 heavy (non-hydrogen) atoms. The third kappa shape index (κ3) is 11.2. The standard InChI is InChI=1S/C43H70FN7O9/c1-12-32(49(9)10)36(53)38(57-14-3)58-35-23-33(52)42(7,44)39(54)59-34(13-2)43(8)37(28(5)46-25-27(4)24-41(35,6)56-11)51(40(55)60-43)21-16-15-20-50-26-31(47-48-50)29-18-17-19-30(45)22-29/h17-19,22,26-28,32,34-38,46,53H,12-16,20-21,23-25,45H2,1-11H3/t27-,28-,32?,34-,35-,36?,37-,38+,41-,42-,43-/m1/s1. The molecule has 2 aliphatic rings. The molecule has 17 heteroatoms. The average Bonchev–Trinajstić information content (AvgIpc) is 3.77. The minimum absolute atomic E-state index is 0.112. The number of rotatable bonds is 16. The summed E-state index contributed by atoms with van der Waals surface area (Å²) in [5.74, 6) is -2.60. The fourth-order valence-electron chi connectivity index (χ4n) is 8.75. The summed E-state index contributed by atoms with van der Waals surface area (Å²) < 4.78 is 49.0. The number of aromatic nitrogens is 3. The van der Waals surface area contributed by atoms with E-state index < -0.39 is 77.8 Å². The van der Waals surface area contributed by atoms with Crippen molar-refractivity contribution in [3.63, 3.8) is 0 Å². The summed E-state index contributed by atoms with van der Waals surface area (Å²) in [5, 5.41) is 23.6. The van der Waals surface area contributed by atoms with Gasteiger partial charge in [-0.15, -0.1) is 5.10 Å². The van der Waals surface area contributed by atoms with Crippen LogP contribution in [0.3, 0.4) is 0 Å². The fourth-order valence-corrected chi connectivity index (χ4v) is 8.75. The maximum absolute atomic E-state index is 16.8. The van der Waals surface area contributed by atoms with Crippen molar-refractivity contribution in [2.45, 2.75) is 160 Å². The van der Waals surface area contributed by atoms with Gasteiger partial charge in [0.25, 0.3) is 5.67 Å². The van der Waals surface area contributed by atoms with Crippen molar-refractivity contribution < 1.29 is 47.6 Å². The molecule has 2 saturated heterocycles. The molecule has 2 aromatic rings. The molecule has 0 bridgehead atoms. The lowest BCUT2D eigenvalue weighted by atomic mass is 9.83. The predicted molar refractivity (Wildman–Crippen MR) is 225 cm³/mol. The van der Waals surface area contributed by atoms with Gasteiger partial charge in [0.15, 0.2) is 17.7 Å². The number of anilines is 1. The molecule has 2 aliphatic heterocycles. The largest absolute Gasteiger partial charge is 0.455 e. The van der Waals surface area contributed by atoms with Gasteiger partial charge in [-0.2, -0.15) is 0 Å². The van der Waals surface area contributed by atoms with Crippen molar-refractivity contribution in [1.82, 2.24) is 30.1 Å². The maximum atomic E-state index is 16.8. The number of aliphatic hydroxyl groups excluding tert-OH is 1. The first kappa shape index (κ1) is 48.9. The number of alkyl halides is 1. The summed E-state index contributed by atoms with van der Waals surface area (Å²) in [4.78, 5) is 45.2. The SMILES string of the molecule is CCO[C@@H](O[C@@H]1CC(=O)[C@@](C)(F)C(=O)O[C@H](CC)[C@@]2(C)OC(=O)N(CCCCn3cc(-c4cccc(N)c4)nn3)[C@@H]2[C@@H](C)NC[C@H](C)C[C@@]1(C)OC)C(O)C(CC)N(C)C. The lowest BCUT2D eigenvalue weighted by Gasteiger charge is -2.42. The van der Waals surface area contributed by atoms with Crippen LogP contribution in [0.5, 0.6) is 0 Å². The van der Waals surface area contributed by atoms with E-state index in [2.05, 4.69) is 15.6 Å². The molecule has 3 heterocycles. The van der Waals surface area contributed by atoms with Gasteiger partial charge in [0.1, 0.15) is 17.9 Å². The molecule has 0 radical (unpaired) electrons. The molecule has 2 unspecified atom stereocenters. The zero-order chi connectivity index (χ0) is 44.6. The Morgan fingerprint density at radius 3 is 2.43 bits per heavy atom. The summed E-state index contributed by atoms with van der Waals surface area (Å²) >= 11 is 0. The van der Waals surface area contributed by atoms with Crippen LogP contribution in [0.15, 0.2) is 30.5 Å². The molecule has 2 fully saturated rings. The Labute approximate surface area is 354 Å². The minimum Gasteiger partial charge on any atom is -0.455 e. The van der Waals surface area contributed by atoms with Crippen LogP contribution in [0.25, 0.3) is 11.3 Å². The number of carbonyl (C=O) groups is 3. The van der Waals surface area contributed by atoms with Gasteiger partial charge in [-0.1, -0.05) is 38.1 Å². The zero-order valence-corrected chi connectivity index (χ0v) is 37.5. The van der Waals surface area contributed by atoms with Crippen LogP contribution in [0.1, 0.15) is 93.9 Å². The van der Waals surface area contributed by atoms with Crippen molar-refractivity contribution in [2.24, 2.45) is 5.92 Å². The van der Waals surface area contributed by atoms with Gasteiger partial charge in [-0.05, 0) is 105 Å². The summed E-state index contributed by atoms with van der Waals surface area (Å²) in [7, 11) is 5.15. The van der Waals surface area contributed by atoms with E-state index in [1.807, 2.05) is 64.2 Å². The van der Waals surface area contributed by atoms with Crippen molar-refractivity contribution >= 4 is 23.5 Å². The van der Waals surface area contributed by atoms with Crippen LogP contribution in [-0.2, 0) is 39.8 Å². The number of cyclic esters (lactones) is 1. The van der Waals surface area contributed by atoms with Gasteiger partial charge >= 0.3 is 12.1 Å². The predicted octanol–water partition coefficient (Wildman–Crippen LogP) is 4.77. The highest BCUT2D eigenvalue weighted by atomic mass is 19.1. The Morgan fingerprint density at radius 2 is 1.82 bits per heavy atom. The zero-order valence-electron chi connectivity index (χ0n) is 37.5. The number of ketones is 1. The van der Waals surface area contributed by atoms with E-state index >= 15 is 4.39 Å². The molecule has 338 valence electrons. The first-order valence-electron chi connectivity index (χ1n) is 21.3. The molecule has 4 rings (SSSR count). The second kappa shape index (κ2) is 20.9. The van der Waals surface area contributed by atoms with Crippen LogP contribution < -0.4 is 11.1 Å². The van der Waals surface area contributed by atoms with E-state index in [0.29, 0.717) is 56.7 Å². The van der Waals surface area contributed by atoms with Gasteiger partial charge in [0, 0.05) is 56.6 Å². The molecule has 1 aromatic heterocycles. The lowest BCUT2D eigenvalue weighted by molar-refractivity contribution is -0.258. The van der Waals surface area contributed by atoms with Gasteiger partial charge in [-0.25, -0.2) is 14.0 Å². The number of carbonyl (C=O) groups excluding carboxylic acids is 3. The Morgan fingerprint density at radius 1 is 1.12 bits per heavy atom. The summed E-state index contributed by atoms with van der Waals surface area (Å²) in [6.07, 6.45) is -1.59.